The number of nitrogens with two attached hydrogens (primary N) is 1. The van der Waals surface area contributed by atoms with Crippen molar-refractivity contribution in [3.63, 3.8) is 0 Å². The van der Waals surface area contributed by atoms with Crippen molar-refractivity contribution in [3.05, 3.63) is 88.6 Å². The third kappa shape index (κ3) is 3.65. The van der Waals surface area contributed by atoms with Crippen molar-refractivity contribution in [1.29, 1.82) is 0 Å². The molecule has 5 rings (SSSR count). The summed E-state index contributed by atoms with van der Waals surface area (Å²) in [6, 6.07) is 15.7. The first-order chi connectivity index (χ1) is 15.6. The topological polar surface area (TPSA) is 68.7 Å². The van der Waals surface area contributed by atoms with Crippen LogP contribution in [0.5, 0.6) is 5.75 Å². The second-order valence-corrected chi connectivity index (χ2v) is 8.29. The molecule has 6 heteroatoms. The number of benzene rings is 2. The van der Waals surface area contributed by atoms with Crippen molar-refractivity contribution in [3.8, 4) is 17.6 Å². The van der Waals surface area contributed by atoms with Gasteiger partial charge >= 0.3 is 0 Å². The highest BCUT2D eigenvalue weighted by Gasteiger charge is 2.44. The zero-order valence-corrected chi connectivity index (χ0v) is 17.6. The summed E-state index contributed by atoms with van der Waals surface area (Å²) >= 11 is 0. The quantitative estimate of drug-likeness (QED) is 0.627. The number of hydrogen-bond acceptors (Lipinski definition) is 4. The maximum absolute atomic E-state index is 13.7. The van der Waals surface area contributed by atoms with Gasteiger partial charge in [0.15, 0.2) is 11.5 Å². The summed E-state index contributed by atoms with van der Waals surface area (Å²) in [7, 11) is 0. The SMILES string of the molecule is NCc1ccc2c(c1)C1(CCN(C(=O)c3ccc(C#Cc4ccccc4F)o3)CC1)CO2. The van der Waals surface area contributed by atoms with E-state index in [2.05, 4.69) is 17.9 Å². The predicted molar refractivity (Wildman–Crippen MR) is 118 cm³/mol. The highest BCUT2D eigenvalue weighted by molar-refractivity contribution is 5.91. The fourth-order valence-corrected chi connectivity index (χ4v) is 4.46. The van der Waals surface area contributed by atoms with E-state index < -0.39 is 0 Å². The van der Waals surface area contributed by atoms with E-state index in [0.29, 0.717) is 32.0 Å². The lowest BCUT2D eigenvalue weighted by Gasteiger charge is -2.38. The number of carbonyl (C=O) groups excluding carboxylic acids is 1. The second kappa shape index (κ2) is 8.18. The Kier molecular flexibility index (Phi) is 5.20. The van der Waals surface area contributed by atoms with Gasteiger partial charge < -0.3 is 19.8 Å². The van der Waals surface area contributed by atoms with Crippen LogP contribution in [0.15, 0.2) is 59.0 Å². The maximum atomic E-state index is 13.7. The molecule has 0 aliphatic carbocycles. The molecule has 1 saturated heterocycles. The Morgan fingerprint density at radius 2 is 1.91 bits per heavy atom. The molecular weight excluding hydrogens is 407 g/mol. The van der Waals surface area contributed by atoms with Crippen molar-refractivity contribution >= 4 is 5.91 Å². The van der Waals surface area contributed by atoms with Crippen LogP contribution in [0.2, 0.25) is 0 Å². The number of carbonyl (C=O) groups is 1. The molecule has 1 aromatic heterocycles. The molecular formula is C26H23FN2O3. The van der Waals surface area contributed by atoms with Gasteiger partial charge in [0, 0.05) is 30.6 Å². The van der Waals surface area contributed by atoms with E-state index in [0.717, 1.165) is 24.2 Å². The van der Waals surface area contributed by atoms with Crippen LogP contribution in [0.3, 0.4) is 0 Å². The van der Waals surface area contributed by atoms with Gasteiger partial charge in [-0.1, -0.05) is 30.2 Å². The van der Waals surface area contributed by atoms with Crippen LogP contribution >= 0.6 is 0 Å². The molecule has 0 saturated carbocycles. The van der Waals surface area contributed by atoms with Gasteiger partial charge in [0.05, 0.1) is 12.2 Å². The van der Waals surface area contributed by atoms with E-state index in [-0.39, 0.29) is 28.5 Å². The van der Waals surface area contributed by atoms with E-state index in [1.807, 2.05) is 17.0 Å². The predicted octanol–water partition coefficient (Wildman–Crippen LogP) is 3.84. The minimum Gasteiger partial charge on any atom is -0.492 e. The van der Waals surface area contributed by atoms with Crippen molar-refractivity contribution in [2.24, 2.45) is 5.73 Å². The van der Waals surface area contributed by atoms with Gasteiger partial charge in [-0.3, -0.25) is 4.79 Å². The van der Waals surface area contributed by atoms with Gasteiger partial charge in [-0.25, -0.2) is 4.39 Å². The van der Waals surface area contributed by atoms with Crippen LogP contribution in [0, 0.1) is 17.7 Å². The molecule has 3 aromatic rings. The average molecular weight is 430 g/mol. The lowest BCUT2D eigenvalue weighted by molar-refractivity contribution is 0.0615. The summed E-state index contributed by atoms with van der Waals surface area (Å²) in [5.41, 5.74) is 8.33. The summed E-state index contributed by atoms with van der Waals surface area (Å²) in [5.74, 6) is 6.48. The molecule has 3 heterocycles. The summed E-state index contributed by atoms with van der Waals surface area (Å²) in [6.07, 6.45) is 1.64. The van der Waals surface area contributed by atoms with Crippen LogP contribution < -0.4 is 10.5 Å². The standard InChI is InChI=1S/C26H23FN2O3/c27-22-4-2-1-3-19(22)6-7-20-8-10-24(32-20)25(30)29-13-11-26(12-14-29)17-31-23-9-5-18(16-28)15-21(23)26/h1-5,8-10,15H,11-14,16-17,28H2. The van der Waals surface area contributed by atoms with Gasteiger partial charge in [0.25, 0.3) is 5.91 Å². The molecule has 1 amide bonds. The van der Waals surface area contributed by atoms with Crippen LogP contribution in [0.4, 0.5) is 4.39 Å². The number of ether oxygens (including phenoxy) is 1. The molecule has 0 unspecified atom stereocenters. The first-order valence-corrected chi connectivity index (χ1v) is 10.7. The number of amides is 1. The number of fused-ring (bicyclic) bond motifs is 2. The smallest absolute Gasteiger partial charge is 0.289 e. The Hall–Kier alpha value is -3.56. The third-order valence-corrected chi connectivity index (χ3v) is 6.37. The largest absolute Gasteiger partial charge is 0.492 e. The van der Waals surface area contributed by atoms with E-state index in [9.17, 15) is 9.18 Å². The zero-order valence-electron chi connectivity index (χ0n) is 17.6. The number of likely N-dealkylation sites (tertiary alicyclic amines) is 1. The summed E-state index contributed by atoms with van der Waals surface area (Å²) in [6.45, 7) is 2.36. The molecule has 32 heavy (non-hydrogen) atoms. The van der Waals surface area contributed by atoms with Crippen molar-refractivity contribution in [2.45, 2.75) is 24.8 Å². The Morgan fingerprint density at radius 1 is 1.09 bits per heavy atom. The van der Waals surface area contributed by atoms with E-state index in [1.54, 1.807) is 30.3 Å². The first kappa shape index (κ1) is 20.3. The lowest BCUT2D eigenvalue weighted by Crippen LogP contribution is -2.46. The summed E-state index contributed by atoms with van der Waals surface area (Å²) in [5, 5.41) is 0. The molecule has 0 bridgehead atoms. The molecule has 2 aliphatic rings. The van der Waals surface area contributed by atoms with Crippen LogP contribution in [0.1, 0.15) is 45.8 Å². The Labute approximate surface area is 186 Å². The Morgan fingerprint density at radius 3 is 2.69 bits per heavy atom. The van der Waals surface area contributed by atoms with Crippen LogP contribution in [-0.2, 0) is 12.0 Å². The van der Waals surface area contributed by atoms with Crippen LogP contribution in [0.25, 0.3) is 0 Å². The monoisotopic (exact) mass is 430 g/mol. The third-order valence-electron chi connectivity index (χ3n) is 6.37. The molecule has 162 valence electrons. The van der Waals surface area contributed by atoms with Gasteiger partial charge in [-0.2, -0.15) is 0 Å². The number of halogens is 1. The fraction of sp³-hybridized carbons (Fsp3) is 0.269. The number of piperidine rings is 1. The molecule has 1 spiro atoms. The van der Waals surface area contributed by atoms with Gasteiger partial charge in [-0.15, -0.1) is 0 Å². The average Bonchev–Trinajstić information content (AvgIpc) is 3.44. The van der Waals surface area contributed by atoms with E-state index in [4.69, 9.17) is 14.9 Å². The normalized spacial score (nSPS) is 16.2. The highest BCUT2D eigenvalue weighted by atomic mass is 19.1. The molecule has 2 N–H and O–H groups in total. The number of furan rings is 1. The first-order valence-electron chi connectivity index (χ1n) is 10.7. The summed E-state index contributed by atoms with van der Waals surface area (Å²) < 4.78 is 25.3. The minimum atomic E-state index is -0.388. The molecule has 2 aromatic carbocycles. The number of nitrogens with zero attached hydrogens (tertiary/aromatic N) is 1. The second-order valence-electron chi connectivity index (χ2n) is 8.29. The Balaban J connectivity index is 1.27. The minimum absolute atomic E-state index is 0.0726. The molecule has 0 atom stereocenters. The van der Waals surface area contributed by atoms with E-state index in [1.165, 1.54) is 11.6 Å². The molecule has 0 radical (unpaired) electrons. The lowest BCUT2D eigenvalue weighted by atomic mass is 9.74. The van der Waals surface area contributed by atoms with Crippen molar-refractivity contribution < 1.29 is 18.3 Å². The summed E-state index contributed by atoms with van der Waals surface area (Å²) in [4.78, 5) is 14.8. The number of rotatable bonds is 2. The van der Waals surface area contributed by atoms with Crippen LogP contribution in [-0.4, -0.2) is 30.5 Å². The van der Waals surface area contributed by atoms with Gasteiger partial charge in [0.1, 0.15) is 11.6 Å². The van der Waals surface area contributed by atoms with Crippen molar-refractivity contribution in [2.75, 3.05) is 19.7 Å². The molecule has 5 nitrogen and oxygen atoms in total. The molecule has 1 fully saturated rings. The zero-order chi connectivity index (χ0) is 22.1. The van der Waals surface area contributed by atoms with Crippen molar-refractivity contribution in [1.82, 2.24) is 4.90 Å². The Bertz CT molecular complexity index is 1230. The van der Waals surface area contributed by atoms with Gasteiger partial charge in [-0.05, 0) is 54.7 Å². The fourth-order valence-electron chi connectivity index (χ4n) is 4.46. The highest BCUT2D eigenvalue weighted by Crippen LogP contribution is 2.46. The molecule has 2 aliphatic heterocycles. The van der Waals surface area contributed by atoms with E-state index >= 15 is 0 Å². The maximum Gasteiger partial charge on any atom is 0.289 e. The van der Waals surface area contributed by atoms with Gasteiger partial charge in [0.2, 0.25) is 0 Å². The number of hydrogen-bond donors (Lipinski definition) is 1.